The fourth-order valence-corrected chi connectivity index (χ4v) is 3.07. The molecule has 1 N–H and O–H groups in total. The highest BCUT2D eigenvalue weighted by Crippen LogP contribution is 2.31. The van der Waals surface area contributed by atoms with Crippen molar-refractivity contribution in [2.24, 2.45) is 0 Å². The summed E-state index contributed by atoms with van der Waals surface area (Å²) in [6, 6.07) is 5.22. The quantitative estimate of drug-likeness (QED) is 0.911. The maximum atomic E-state index is 14.4. The molecule has 1 amide bonds. The lowest BCUT2D eigenvalue weighted by Gasteiger charge is -2.33. The van der Waals surface area contributed by atoms with Gasteiger partial charge in [-0.25, -0.2) is 9.18 Å². The molecule has 24 heavy (non-hydrogen) atoms. The average molecular weight is 337 g/mol. The van der Waals surface area contributed by atoms with Gasteiger partial charge in [-0.15, -0.1) is 0 Å². The van der Waals surface area contributed by atoms with Crippen LogP contribution in [0.5, 0.6) is 0 Å². The molecule has 0 saturated carbocycles. The number of carbonyl (C=O) groups excluding carboxylic acids is 1. The van der Waals surface area contributed by atoms with E-state index in [0.717, 1.165) is 18.4 Å². The fraction of sp³-hybridized carbons (Fsp3) is 0.632. The van der Waals surface area contributed by atoms with Crippen molar-refractivity contribution in [2.75, 3.05) is 13.1 Å². The van der Waals surface area contributed by atoms with E-state index in [2.05, 4.69) is 0 Å². The van der Waals surface area contributed by atoms with Crippen molar-refractivity contribution in [3.63, 3.8) is 0 Å². The Morgan fingerprint density at radius 3 is 2.50 bits per heavy atom. The Bertz CT molecular complexity index is 572. The maximum Gasteiger partial charge on any atom is 0.410 e. The molecule has 1 unspecified atom stereocenters. The first-order valence-electron chi connectivity index (χ1n) is 8.60. The highest BCUT2D eigenvalue weighted by molar-refractivity contribution is 5.68. The molecular weight excluding hydrogens is 309 g/mol. The Balaban J connectivity index is 1.96. The molecule has 0 aromatic heterocycles. The summed E-state index contributed by atoms with van der Waals surface area (Å²) in [6.45, 7) is 8.40. The van der Waals surface area contributed by atoms with E-state index < -0.39 is 11.7 Å². The number of rotatable bonds is 3. The van der Waals surface area contributed by atoms with Crippen LogP contribution in [0.2, 0.25) is 0 Å². The molecule has 0 aliphatic carbocycles. The average Bonchev–Trinajstić information content (AvgIpc) is 2.45. The number of amides is 1. The van der Waals surface area contributed by atoms with Crippen molar-refractivity contribution in [1.82, 2.24) is 4.90 Å². The SMILES string of the molecule is CC(O)Cc1ccc(C2CCN(C(=O)OC(C)(C)C)CC2)c(F)c1. The number of hydrogen-bond donors (Lipinski definition) is 1. The highest BCUT2D eigenvalue weighted by Gasteiger charge is 2.28. The lowest BCUT2D eigenvalue weighted by Crippen LogP contribution is -2.41. The van der Waals surface area contributed by atoms with Crippen molar-refractivity contribution in [1.29, 1.82) is 0 Å². The molecular formula is C19H28FNO3. The van der Waals surface area contributed by atoms with Crippen LogP contribution in [0.15, 0.2) is 18.2 Å². The third-order valence-electron chi connectivity index (χ3n) is 4.18. The summed E-state index contributed by atoms with van der Waals surface area (Å²) in [5.41, 5.74) is 1.00. The molecule has 0 radical (unpaired) electrons. The van der Waals surface area contributed by atoms with Crippen LogP contribution < -0.4 is 0 Å². The van der Waals surface area contributed by atoms with Crippen LogP contribution >= 0.6 is 0 Å². The van der Waals surface area contributed by atoms with Crippen molar-refractivity contribution in [2.45, 2.75) is 64.6 Å². The Morgan fingerprint density at radius 1 is 1.38 bits per heavy atom. The second kappa shape index (κ2) is 7.51. The van der Waals surface area contributed by atoms with Crippen LogP contribution in [-0.2, 0) is 11.2 Å². The second-order valence-corrected chi connectivity index (χ2v) is 7.65. The predicted octanol–water partition coefficient (Wildman–Crippen LogP) is 3.86. The molecule has 1 aliphatic heterocycles. The lowest BCUT2D eigenvalue weighted by molar-refractivity contribution is 0.0204. The van der Waals surface area contributed by atoms with Gasteiger partial charge in [0.05, 0.1) is 6.10 Å². The molecule has 1 aromatic rings. The van der Waals surface area contributed by atoms with Gasteiger partial charge in [-0.3, -0.25) is 0 Å². The van der Waals surface area contributed by atoms with E-state index in [-0.39, 0.29) is 17.8 Å². The number of halogens is 1. The van der Waals surface area contributed by atoms with Crippen molar-refractivity contribution >= 4 is 6.09 Å². The smallest absolute Gasteiger partial charge is 0.410 e. The number of aliphatic hydroxyl groups excluding tert-OH is 1. The molecule has 1 saturated heterocycles. The van der Waals surface area contributed by atoms with E-state index in [1.54, 1.807) is 11.8 Å². The number of hydrogen-bond acceptors (Lipinski definition) is 3. The third kappa shape index (κ3) is 5.20. The molecule has 1 aliphatic rings. The Morgan fingerprint density at radius 2 is 2.00 bits per heavy atom. The molecule has 1 heterocycles. The van der Waals surface area contributed by atoms with Gasteiger partial charge in [0.1, 0.15) is 11.4 Å². The van der Waals surface area contributed by atoms with Crippen LogP contribution in [0.4, 0.5) is 9.18 Å². The normalized spacial score (nSPS) is 17.7. The summed E-state index contributed by atoms with van der Waals surface area (Å²) in [6.07, 6.45) is 1.13. The van der Waals surface area contributed by atoms with Crippen LogP contribution in [0.1, 0.15) is 57.6 Å². The van der Waals surface area contributed by atoms with Gasteiger partial charge < -0.3 is 14.7 Å². The Hall–Kier alpha value is -1.62. The van der Waals surface area contributed by atoms with E-state index in [1.807, 2.05) is 32.9 Å². The predicted molar refractivity (Wildman–Crippen MR) is 91.6 cm³/mol. The zero-order valence-corrected chi connectivity index (χ0v) is 15.0. The molecule has 2 rings (SSSR count). The highest BCUT2D eigenvalue weighted by atomic mass is 19.1. The minimum absolute atomic E-state index is 0.115. The lowest BCUT2D eigenvalue weighted by atomic mass is 9.88. The van der Waals surface area contributed by atoms with Gasteiger partial charge in [0.25, 0.3) is 0 Å². The number of aliphatic hydroxyl groups is 1. The molecule has 1 fully saturated rings. The maximum absolute atomic E-state index is 14.4. The van der Waals surface area contributed by atoms with Gasteiger partial charge in [-0.2, -0.15) is 0 Å². The molecule has 1 atom stereocenters. The van der Waals surface area contributed by atoms with E-state index in [0.29, 0.717) is 25.1 Å². The first-order valence-corrected chi connectivity index (χ1v) is 8.60. The largest absolute Gasteiger partial charge is 0.444 e. The fourth-order valence-electron chi connectivity index (χ4n) is 3.07. The summed E-state index contributed by atoms with van der Waals surface area (Å²) in [4.78, 5) is 13.8. The third-order valence-corrected chi connectivity index (χ3v) is 4.18. The summed E-state index contributed by atoms with van der Waals surface area (Å²) in [5, 5.41) is 9.40. The topological polar surface area (TPSA) is 49.8 Å². The van der Waals surface area contributed by atoms with E-state index in [4.69, 9.17) is 4.74 Å². The number of piperidine rings is 1. The minimum Gasteiger partial charge on any atom is -0.444 e. The Kier molecular flexibility index (Phi) is 5.86. The standard InChI is InChI=1S/C19H28FNO3/c1-13(22)11-14-5-6-16(17(20)12-14)15-7-9-21(10-8-15)18(23)24-19(2,3)4/h5-6,12-13,15,22H,7-11H2,1-4H3. The molecule has 5 heteroatoms. The second-order valence-electron chi connectivity index (χ2n) is 7.65. The van der Waals surface area contributed by atoms with Crippen molar-refractivity contribution in [3.8, 4) is 0 Å². The zero-order valence-electron chi connectivity index (χ0n) is 15.0. The van der Waals surface area contributed by atoms with Gasteiger partial charge in [-0.05, 0) is 70.1 Å². The first-order chi connectivity index (χ1) is 11.2. The van der Waals surface area contributed by atoms with Gasteiger partial charge in [-0.1, -0.05) is 12.1 Å². The van der Waals surface area contributed by atoms with E-state index >= 15 is 0 Å². The molecule has 0 bridgehead atoms. The van der Waals surface area contributed by atoms with Crippen LogP contribution in [0.3, 0.4) is 0 Å². The van der Waals surface area contributed by atoms with Gasteiger partial charge in [0.15, 0.2) is 0 Å². The number of nitrogens with zero attached hydrogens (tertiary/aromatic N) is 1. The van der Waals surface area contributed by atoms with Gasteiger partial charge >= 0.3 is 6.09 Å². The molecule has 1 aromatic carbocycles. The van der Waals surface area contributed by atoms with Crippen LogP contribution in [0, 0.1) is 5.82 Å². The molecule has 4 nitrogen and oxygen atoms in total. The molecule has 0 spiro atoms. The molecule has 134 valence electrons. The van der Waals surface area contributed by atoms with Crippen molar-refractivity contribution < 1.29 is 19.0 Å². The number of ether oxygens (including phenoxy) is 1. The summed E-state index contributed by atoms with van der Waals surface area (Å²) >= 11 is 0. The monoisotopic (exact) mass is 337 g/mol. The number of likely N-dealkylation sites (tertiary alicyclic amines) is 1. The van der Waals surface area contributed by atoms with Gasteiger partial charge in [0.2, 0.25) is 0 Å². The summed E-state index contributed by atoms with van der Waals surface area (Å²) in [7, 11) is 0. The van der Waals surface area contributed by atoms with Gasteiger partial charge in [0, 0.05) is 13.1 Å². The van der Waals surface area contributed by atoms with E-state index in [1.165, 1.54) is 6.07 Å². The van der Waals surface area contributed by atoms with Crippen LogP contribution in [-0.4, -0.2) is 40.9 Å². The number of benzene rings is 1. The minimum atomic E-state index is -0.500. The van der Waals surface area contributed by atoms with Crippen molar-refractivity contribution in [3.05, 3.63) is 35.1 Å². The van der Waals surface area contributed by atoms with E-state index in [9.17, 15) is 14.3 Å². The number of carbonyl (C=O) groups is 1. The zero-order chi connectivity index (χ0) is 17.9. The summed E-state index contributed by atoms with van der Waals surface area (Å²) in [5.74, 6) is -0.104. The first kappa shape index (κ1) is 18.7. The summed E-state index contributed by atoms with van der Waals surface area (Å²) < 4.78 is 19.8. The van der Waals surface area contributed by atoms with Crippen LogP contribution in [0.25, 0.3) is 0 Å². The Labute approximate surface area is 143 Å².